The Balaban J connectivity index is 1.79. The number of aromatic nitrogens is 5. The van der Waals surface area contributed by atoms with Crippen LogP contribution in [-0.2, 0) is 0 Å². The molecule has 0 aliphatic rings. The van der Waals surface area contributed by atoms with Crippen molar-refractivity contribution in [1.82, 2.24) is 24.7 Å². The maximum atomic E-state index is 14.9. The average Bonchev–Trinajstić information content (AvgIpc) is 3.28. The minimum atomic E-state index is -0.492. The van der Waals surface area contributed by atoms with Crippen LogP contribution in [-0.4, -0.2) is 24.7 Å². The summed E-state index contributed by atoms with van der Waals surface area (Å²) in [6.07, 6.45) is 3.38. The zero-order valence-electron chi connectivity index (χ0n) is 17.4. The number of fused-ring (bicyclic) bond motifs is 1. The van der Waals surface area contributed by atoms with Gasteiger partial charge in [0.05, 0.1) is 11.2 Å². The summed E-state index contributed by atoms with van der Waals surface area (Å²) in [6, 6.07) is 14.3. The Morgan fingerprint density at radius 1 is 1.00 bits per heavy atom. The summed E-state index contributed by atoms with van der Waals surface area (Å²) in [5.41, 5.74) is 5.18. The first-order valence-electron chi connectivity index (χ1n) is 9.97. The van der Waals surface area contributed by atoms with Crippen molar-refractivity contribution in [3.8, 4) is 11.1 Å². The number of pyridine rings is 2. The predicted molar refractivity (Wildman–Crippen MR) is 115 cm³/mol. The second-order valence-corrected chi connectivity index (χ2v) is 7.48. The molecule has 0 saturated heterocycles. The monoisotopic (exact) mass is 413 g/mol. The molecular weight excluding hydrogens is 393 g/mol. The number of hydrogen-bond acceptors (Lipinski definition) is 5. The largest absolute Gasteiger partial charge is 0.361 e. The zero-order valence-corrected chi connectivity index (χ0v) is 17.4. The van der Waals surface area contributed by atoms with Crippen LogP contribution < -0.4 is 0 Å². The normalized spacial score (nSPS) is 12.4. The van der Waals surface area contributed by atoms with Crippen LogP contribution in [0.1, 0.15) is 34.6 Å². The van der Waals surface area contributed by atoms with Gasteiger partial charge in [0.1, 0.15) is 29.1 Å². The van der Waals surface area contributed by atoms with Gasteiger partial charge in [-0.05, 0) is 44.5 Å². The van der Waals surface area contributed by atoms with Crippen molar-refractivity contribution in [2.24, 2.45) is 0 Å². The number of imidazole rings is 1. The summed E-state index contributed by atoms with van der Waals surface area (Å²) in [5, 5.41) is 4.06. The van der Waals surface area contributed by atoms with E-state index in [4.69, 9.17) is 4.52 Å². The third-order valence-corrected chi connectivity index (χ3v) is 5.46. The topological polar surface area (TPSA) is 69.6 Å². The van der Waals surface area contributed by atoms with Crippen LogP contribution in [0.2, 0.25) is 0 Å². The maximum Gasteiger partial charge on any atom is 0.177 e. The molecule has 4 heterocycles. The lowest BCUT2D eigenvalue weighted by Crippen LogP contribution is -2.17. The van der Waals surface area contributed by atoms with Gasteiger partial charge in [0.2, 0.25) is 0 Å². The van der Waals surface area contributed by atoms with Gasteiger partial charge in [-0.25, -0.2) is 14.4 Å². The van der Waals surface area contributed by atoms with Gasteiger partial charge in [-0.3, -0.25) is 4.98 Å². The Labute approximate surface area is 178 Å². The van der Waals surface area contributed by atoms with E-state index in [1.54, 1.807) is 18.5 Å². The van der Waals surface area contributed by atoms with Crippen molar-refractivity contribution in [3.05, 3.63) is 95.3 Å². The van der Waals surface area contributed by atoms with Crippen LogP contribution in [0.15, 0.2) is 65.4 Å². The molecule has 7 heteroatoms. The summed E-state index contributed by atoms with van der Waals surface area (Å²) >= 11 is 0. The van der Waals surface area contributed by atoms with E-state index >= 15 is 0 Å². The van der Waals surface area contributed by atoms with Gasteiger partial charge < -0.3 is 9.09 Å². The summed E-state index contributed by atoms with van der Waals surface area (Å²) in [4.78, 5) is 13.6. The van der Waals surface area contributed by atoms with Crippen molar-refractivity contribution < 1.29 is 8.91 Å². The quantitative estimate of drug-likeness (QED) is 0.406. The Hall–Kier alpha value is -3.87. The summed E-state index contributed by atoms with van der Waals surface area (Å²) in [7, 11) is 0. The van der Waals surface area contributed by atoms with Crippen LogP contribution >= 0.6 is 0 Å². The fraction of sp³-hybridized carbons (Fsp3) is 0.167. The number of nitrogens with zero attached hydrogens (tertiary/aromatic N) is 5. The Kier molecular flexibility index (Phi) is 4.58. The zero-order chi connectivity index (χ0) is 21.5. The van der Waals surface area contributed by atoms with Gasteiger partial charge in [-0.15, -0.1) is 0 Å². The van der Waals surface area contributed by atoms with E-state index in [-0.39, 0.29) is 5.82 Å². The van der Waals surface area contributed by atoms with E-state index in [1.165, 1.54) is 6.07 Å². The average molecular weight is 413 g/mol. The molecule has 0 saturated carbocycles. The smallest absolute Gasteiger partial charge is 0.177 e. The van der Waals surface area contributed by atoms with Crippen LogP contribution in [0.4, 0.5) is 4.39 Å². The van der Waals surface area contributed by atoms with Crippen molar-refractivity contribution in [2.45, 2.75) is 26.8 Å². The number of benzene rings is 1. The van der Waals surface area contributed by atoms with Gasteiger partial charge in [0, 0.05) is 23.5 Å². The van der Waals surface area contributed by atoms with Crippen LogP contribution in [0.25, 0.3) is 22.3 Å². The number of hydrogen-bond donors (Lipinski definition) is 0. The summed E-state index contributed by atoms with van der Waals surface area (Å²) in [6.45, 7) is 5.67. The van der Waals surface area contributed by atoms with Crippen molar-refractivity contribution in [1.29, 1.82) is 0 Å². The van der Waals surface area contributed by atoms with Gasteiger partial charge in [0.25, 0.3) is 0 Å². The first kappa shape index (κ1) is 19.1. The third-order valence-electron chi connectivity index (χ3n) is 5.46. The number of rotatable bonds is 4. The van der Waals surface area contributed by atoms with E-state index in [0.29, 0.717) is 11.3 Å². The molecule has 0 bridgehead atoms. The second-order valence-electron chi connectivity index (χ2n) is 7.48. The molecule has 6 nitrogen and oxygen atoms in total. The molecule has 0 N–H and O–H groups in total. The van der Waals surface area contributed by atoms with Crippen molar-refractivity contribution in [2.75, 3.05) is 0 Å². The highest BCUT2D eigenvalue weighted by Gasteiger charge is 2.26. The van der Waals surface area contributed by atoms with Gasteiger partial charge >= 0.3 is 0 Å². The summed E-state index contributed by atoms with van der Waals surface area (Å²) in [5.74, 6) is 1.07. The molecule has 4 aromatic heterocycles. The standard InChI is InChI=1S/C24H20FN5O/c1-14-21(15(2)31-29-14)18-12-20-24(27-13-18)28-16(3)30(20)23(17-8-5-4-6-9-17)22-19(25)10-7-11-26-22/h4-13,23H,1-3H3/t23-/m1/s1. The van der Waals surface area contributed by atoms with E-state index < -0.39 is 6.04 Å². The number of halogens is 1. The van der Waals surface area contributed by atoms with Crippen LogP contribution in [0.5, 0.6) is 0 Å². The molecule has 0 unspecified atom stereocenters. The molecule has 0 amide bonds. The molecule has 31 heavy (non-hydrogen) atoms. The van der Waals surface area contributed by atoms with Crippen molar-refractivity contribution in [3.63, 3.8) is 0 Å². The molecule has 154 valence electrons. The molecule has 5 aromatic rings. The summed E-state index contributed by atoms with van der Waals surface area (Å²) < 4.78 is 22.3. The fourth-order valence-electron chi connectivity index (χ4n) is 4.11. The van der Waals surface area contributed by atoms with E-state index in [1.807, 2.05) is 61.7 Å². The number of aryl methyl sites for hydroxylation is 3. The van der Waals surface area contributed by atoms with Gasteiger partial charge in [-0.2, -0.15) is 0 Å². The third kappa shape index (κ3) is 3.18. The van der Waals surface area contributed by atoms with Crippen LogP contribution in [0, 0.1) is 26.6 Å². The van der Waals surface area contributed by atoms with Crippen molar-refractivity contribution >= 4 is 11.2 Å². The highest BCUT2D eigenvalue weighted by atomic mass is 19.1. The molecule has 0 spiro atoms. The SMILES string of the molecule is Cc1noc(C)c1-c1cnc2nc(C)n([C@H](c3ccccc3)c3ncccc3F)c2c1. The molecule has 1 atom stereocenters. The molecule has 0 aliphatic heterocycles. The van der Waals surface area contributed by atoms with E-state index in [2.05, 4.69) is 20.1 Å². The molecule has 0 aliphatic carbocycles. The lowest BCUT2D eigenvalue weighted by atomic mass is 10.0. The van der Waals surface area contributed by atoms with Crippen LogP contribution in [0.3, 0.4) is 0 Å². The first-order valence-corrected chi connectivity index (χ1v) is 9.97. The fourth-order valence-corrected chi connectivity index (χ4v) is 4.11. The maximum absolute atomic E-state index is 14.9. The molecule has 0 radical (unpaired) electrons. The highest BCUT2D eigenvalue weighted by Crippen LogP contribution is 2.34. The lowest BCUT2D eigenvalue weighted by molar-refractivity contribution is 0.393. The van der Waals surface area contributed by atoms with E-state index in [9.17, 15) is 4.39 Å². The highest BCUT2D eigenvalue weighted by molar-refractivity contribution is 5.80. The Morgan fingerprint density at radius 3 is 2.52 bits per heavy atom. The van der Waals surface area contributed by atoms with Gasteiger partial charge in [0.15, 0.2) is 5.65 Å². The predicted octanol–water partition coefficient (Wildman–Crippen LogP) is 5.18. The minimum Gasteiger partial charge on any atom is -0.361 e. The molecule has 5 rings (SSSR count). The van der Waals surface area contributed by atoms with E-state index in [0.717, 1.165) is 39.5 Å². The molecular formula is C24H20FN5O. The lowest BCUT2D eigenvalue weighted by Gasteiger charge is -2.22. The van der Waals surface area contributed by atoms with Gasteiger partial charge in [-0.1, -0.05) is 35.5 Å². The first-order chi connectivity index (χ1) is 15.0. The Morgan fingerprint density at radius 2 is 1.81 bits per heavy atom. The minimum absolute atomic E-state index is 0.332. The second kappa shape index (κ2) is 7.43. The molecule has 1 aromatic carbocycles. The Bertz CT molecular complexity index is 1370. The molecule has 0 fully saturated rings.